The number of ether oxygens (including phenoxy) is 1. The van der Waals surface area contributed by atoms with Crippen molar-refractivity contribution in [2.75, 3.05) is 13.2 Å². The van der Waals surface area contributed by atoms with Gasteiger partial charge in [-0.15, -0.1) is 0 Å². The van der Waals surface area contributed by atoms with E-state index in [1.165, 1.54) is 36.8 Å². The van der Waals surface area contributed by atoms with Crippen LogP contribution in [0.15, 0.2) is 69.9 Å². The van der Waals surface area contributed by atoms with E-state index < -0.39 is 23.5 Å². The van der Waals surface area contributed by atoms with E-state index in [4.69, 9.17) is 13.6 Å². The van der Waals surface area contributed by atoms with Gasteiger partial charge in [-0.25, -0.2) is 9.97 Å². The molecule has 4 rings (SSSR count). The van der Waals surface area contributed by atoms with Crippen molar-refractivity contribution < 1.29 is 39.9 Å². The molecule has 2 aromatic carbocycles. The molecule has 0 saturated heterocycles. The van der Waals surface area contributed by atoms with Crippen LogP contribution in [0.5, 0.6) is 0 Å². The number of halogens is 6. The van der Waals surface area contributed by atoms with Gasteiger partial charge in [-0.3, -0.25) is 0 Å². The Morgan fingerprint density at radius 1 is 0.675 bits per heavy atom. The molecule has 6 nitrogen and oxygen atoms in total. The number of benzene rings is 2. The van der Waals surface area contributed by atoms with Crippen molar-refractivity contribution in [3.05, 3.63) is 106 Å². The van der Waals surface area contributed by atoms with Gasteiger partial charge in [0.2, 0.25) is 11.8 Å². The fraction of sp³-hybridized carbons (Fsp3) is 0.214. The molecule has 0 aliphatic heterocycles. The predicted molar refractivity (Wildman–Crippen MR) is 135 cm³/mol. The van der Waals surface area contributed by atoms with Crippen LogP contribution in [0.2, 0.25) is 0 Å². The Morgan fingerprint density at radius 2 is 1.15 bits per heavy atom. The van der Waals surface area contributed by atoms with Crippen LogP contribution in [0.4, 0.5) is 26.3 Å². The Kier molecular flexibility index (Phi) is 9.22. The van der Waals surface area contributed by atoms with E-state index >= 15 is 0 Å². The van der Waals surface area contributed by atoms with Crippen LogP contribution < -0.4 is 5.32 Å². The standard InChI is InChI=1S/C28H23F6N3O3/c29-27(30,31)21-7-1-19(2-8-21)5-11-25-36-23(17-39-25)15-35-13-14-38-16-24-18-40-26(37-24)12-6-20-3-9-22(10-4-20)28(32,33)34/h1-12,17-18,35H,13-16H2/b11-5+,12-6+. The summed E-state index contributed by atoms with van der Waals surface area (Å²) in [5.41, 5.74) is 0.936. The maximum absolute atomic E-state index is 12.6. The molecule has 0 unspecified atom stereocenters. The van der Waals surface area contributed by atoms with Gasteiger partial charge in [0.1, 0.15) is 18.2 Å². The Labute approximate surface area is 225 Å². The number of hydrogen-bond donors (Lipinski definition) is 1. The summed E-state index contributed by atoms with van der Waals surface area (Å²) >= 11 is 0. The molecule has 12 heteroatoms. The van der Waals surface area contributed by atoms with Gasteiger partial charge in [-0.2, -0.15) is 26.3 Å². The summed E-state index contributed by atoms with van der Waals surface area (Å²) in [6.07, 6.45) is 0.494. The fourth-order valence-corrected chi connectivity index (χ4v) is 3.38. The van der Waals surface area contributed by atoms with Gasteiger partial charge in [-0.1, -0.05) is 24.3 Å². The smallest absolute Gasteiger partial charge is 0.416 e. The molecule has 0 bridgehead atoms. The molecule has 0 atom stereocenters. The second-order valence-electron chi connectivity index (χ2n) is 8.49. The van der Waals surface area contributed by atoms with Gasteiger partial charge in [0, 0.05) is 25.2 Å². The second-order valence-corrected chi connectivity index (χ2v) is 8.49. The molecule has 0 radical (unpaired) electrons. The summed E-state index contributed by atoms with van der Waals surface area (Å²) in [7, 11) is 0. The van der Waals surface area contributed by atoms with E-state index in [1.807, 2.05) is 0 Å². The van der Waals surface area contributed by atoms with Crippen LogP contribution in [0.25, 0.3) is 24.3 Å². The Balaban J connectivity index is 1.13. The summed E-state index contributed by atoms with van der Waals surface area (Å²) in [4.78, 5) is 8.54. The first-order valence-electron chi connectivity index (χ1n) is 11.9. The van der Waals surface area contributed by atoms with E-state index in [0.717, 1.165) is 24.3 Å². The zero-order valence-corrected chi connectivity index (χ0v) is 20.8. The largest absolute Gasteiger partial charge is 0.445 e. The lowest BCUT2D eigenvalue weighted by Gasteiger charge is -2.05. The van der Waals surface area contributed by atoms with Gasteiger partial charge in [0.05, 0.1) is 30.0 Å². The van der Waals surface area contributed by atoms with Crippen molar-refractivity contribution in [2.24, 2.45) is 0 Å². The lowest BCUT2D eigenvalue weighted by molar-refractivity contribution is -0.138. The second kappa shape index (κ2) is 12.8. The summed E-state index contributed by atoms with van der Waals surface area (Å²) < 4.78 is 92.1. The average Bonchev–Trinajstić information content (AvgIpc) is 3.57. The van der Waals surface area contributed by atoms with E-state index in [1.54, 1.807) is 24.3 Å². The molecule has 0 aliphatic carbocycles. The highest BCUT2D eigenvalue weighted by atomic mass is 19.4. The molecule has 0 aliphatic rings. The Hall–Kier alpha value is -4.16. The van der Waals surface area contributed by atoms with Crippen LogP contribution >= 0.6 is 0 Å². The van der Waals surface area contributed by atoms with Crippen molar-refractivity contribution >= 4 is 24.3 Å². The highest BCUT2D eigenvalue weighted by Crippen LogP contribution is 2.30. The molecular weight excluding hydrogens is 540 g/mol. The average molecular weight is 563 g/mol. The monoisotopic (exact) mass is 563 g/mol. The van der Waals surface area contributed by atoms with Gasteiger partial charge in [-0.05, 0) is 47.5 Å². The topological polar surface area (TPSA) is 73.3 Å². The minimum atomic E-state index is -4.38. The van der Waals surface area contributed by atoms with Gasteiger partial charge in [0.25, 0.3) is 0 Å². The summed E-state index contributed by atoms with van der Waals surface area (Å²) in [5, 5.41) is 3.15. The quantitative estimate of drug-likeness (QED) is 0.152. The van der Waals surface area contributed by atoms with E-state index in [2.05, 4.69) is 15.3 Å². The molecule has 0 spiro atoms. The molecule has 210 valence electrons. The lowest BCUT2D eigenvalue weighted by Crippen LogP contribution is -2.19. The number of nitrogens with zero attached hydrogens (tertiary/aromatic N) is 2. The zero-order valence-electron chi connectivity index (χ0n) is 20.8. The first kappa shape index (κ1) is 28.8. The van der Waals surface area contributed by atoms with Crippen molar-refractivity contribution in [1.82, 2.24) is 15.3 Å². The Morgan fingerprint density at radius 3 is 1.65 bits per heavy atom. The van der Waals surface area contributed by atoms with Gasteiger partial charge >= 0.3 is 12.4 Å². The van der Waals surface area contributed by atoms with Crippen LogP contribution in [-0.4, -0.2) is 23.1 Å². The van der Waals surface area contributed by atoms with Gasteiger partial charge < -0.3 is 18.9 Å². The van der Waals surface area contributed by atoms with Crippen molar-refractivity contribution in [1.29, 1.82) is 0 Å². The van der Waals surface area contributed by atoms with Crippen LogP contribution in [-0.2, 0) is 30.2 Å². The maximum Gasteiger partial charge on any atom is 0.416 e. The summed E-state index contributed by atoms with van der Waals surface area (Å²) in [6, 6.07) is 9.49. The third-order valence-electron chi connectivity index (χ3n) is 5.43. The molecule has 2 aromatic heterocycles. The SMILES string of the molecule is FC(F)(F)c1ccc(/C=C/c2nc(CNCCOCc3coc(/C=C/c4ccc(C(F)(F)F)cc4)n3)co2)cc1. The van der Waals surface area contributed by atoms with Crippen LogP contribution in [0, 0.1) is 0 Å². The molecule has 1 N–H and O–H groups in total. The molecule has 4 aromatic rings. The number of nitrogens with one attached hydrogen (secondary N) is 1. The highest BCUT2D eigenvalue weighted by Gasteiger charge is 2.30. The zero-order chi connectivity index (χ0) is 28.6. The summed E-state index contributed by atoms with van der Waals surface area (Å²) in [6.45, 7) is 1.52. The third-order valence-corrected chi connectivity index (χ3v) is 5.43. The molecule has 2 heterocycles. The minimum Gasteiger partial charge on any atom is -0.445 e. The first-order chi connectivity index (χ1) is 19.1. The molecular formula is C28H23F6N3O3. The minimum absolute atomic E-state index is 0.210. The first-order valence-corrected chi connectivity index (χ1v) is 11.9. The van der Waals surface area contributed by atoms with Crippen molar-refractivity contribution in [3.63, 3.8) is 0 Å². The number of rotatable bonds is 11. The van der Waals surface area contributed by atoms with E-state index in [-0.39, 0.29) is 6.61 Å². The third kappa shape index (κ3) is 8.68. The lowest BCUT2D eigenvalue weighted by atomic mass is 10.1. The molecule has 0 amide bonds. The molecule has 0 saturated carbocycles. The Bertz CT molecular complexity index is 1310. The molecule has 40 heavy (non-hydrogen) atoms. The van der Waals surface area contributed by atoms with Gasteiger partial charge in [0.15, 0.2) is 0 Å². The number of hydrogen-bond acceptors (Lipinski definition) is 6. The number of alkyl halides is 6. The maximum atomic E-state index is 12.6. The van der Waals surface area contributed by atoms with Crippen LogP contribution in [0.1, 0.15) is 45.4 Å². The number of oxazole rings is 2. The highest BCUT2D eigenvalue weighted by molar-refractivity contribution is 5.66. The van der Waals surface area contributed by atoms with E-state index in [9.17, 15) is 26.3 Å². The summed E-state index contributed by atoms with van der Waals surface area (Å²) in [5.74, 6) is 0.619. The predicted octanol–water partition coefficient (Wildman–Crippen LogP) is 7.35. The fourth-order valence-electron chi connectivity index (χ4n) is 3.38. The van der Waals surface area contributed by atoms with E-state index in [0.29, 0.717) is 54.0 Å². The normalized spacial score (nSPS) is 12.7. The number of aromatic nitrogens is 2. The van der Waals surface area contributed by atoms with Crippen LogP contribution in [0.3, 0.4) is 0 Å². The molecule has 0 fully saturated rings. The van der Waals surface area contributed by atoms with Crippen molar-refractivity contribution in [3.8, 4) is 0 Å². The van der Waals surface area contributed by atoms with Crippen molar-refractivity contribution in [2.45, 2.75) is 25.5 Å².